The van der Waals surface area contributed by atoms with Gasteiger partial charge in [0.15, 0.2) is 0 Å². The van der Waals surface area contributed by atoms with Gasteiger partial charge < -0.3 is 16.4 Å². The molecule has 8 heteroatoms. The highest BCUT2D eigenvalue weighted by Gasteiger charge is 2.37. The lowest BCUT2D eigenvalue weighted by Crippen LogP contribution is -2.51. The lowest BCUT2D eigenvalue weighted by molar-refractivity contribution is -0.122. The molecule has 1 aliphatic rings. The van der Waals surface area contributed by atoms with E-state index < -0.39 is 5.54 Å². The minimum Gasteiger partial charge on any atom is -0.346 e. The van der Waals surface area contributed by atoms with Crippen molar-refractivity contribution >= 4 is 42.3 Å². The average Bonchev–Trinajstić information content (AvgIpc) is 2.66. The Hall–Kier alpha value is -2.15. The van der Waals surface area contributed by atoms with Crippen LogP contribution in [0.4, 0.5) is 5.69 Å². The van der Waals surface area contributed by atoms with Crippen LogP contribution in [0.15, 0.2) is 48.7 Å². The number of nitrogens with zero attached hydrogens (tertiary/aromatic N) is 1. The van der Waals surface area contributed by atoms with Crippen molar-refractivity contribution < 1.29 is 9.59 Å². The highest BCUT2D eigenvalue weighted by molar-refractivity contribution is 5.98. The Morgan fingerprint density at radius 3 is 2.66 bits per heavy atom. The fraction of sp³-hybridized carbons (Fsp3) is 0.381. The summed E-state index contributed by atoms with van der Waals surface area (Å²) in [6, 6.07) is 12.5. The molecule has 0 aliphatic heterocycles. The van der Waals surface area contributed by atoms with Crippen LogP contribution < -0.4 is 16.4 Å². The monoisotopic (exact) mass is 438 g/mol. The first kappa shape index (κ1) is 24.9. The van der Waals surface area contributed by atoms with E-state index in [0.717, 1.165) is 31.4 Å². The zero-order valence-electron chi connectivity index (χ0n) is 16.4. The number of hydrogen-bond donors (Lipinski definition) is 3. The first-order valence-electron chi connectivity index (χ1n) is 9.34. The van der Waals surface area contributed by atoms with E-state index in [4.69, 9.17) is 5.73 Å². The van der Waals surface area contributed by atoms with Gasteiger partial charge in [-0.3, -0.25) is 14.6 Å². The normalized spacial score (nSPS) is 20.6. The molecule has 2 amide bonds. The topological polar surface area (TPSA) is 97.1 Å². The van der Waals surface area contributed by atoms with E-state index in [1.165, 1.54) is 0 Å². The molecule has 0 spiro atoms. The first-order chi connectivity index (χ1) is 13.0. The fourth-order valence-electron chi connectivity index (χ4n) is 3.53. The third-order valence-electron chi connectivity index (χ3n) is 5.12. The molecular weight excluding hydrogens is 411 g/mol. The van der Waals surface area contributed by atoms with Gasteiger partial charge in [0, 0.05) is 23.0 Å². The maximum absolute atomic E-state index is 12.7. The van der Waals surface area contributed by atoms with Crippen molar-refractivity contribution in [1.29, 1.82) is 0 Å². The van der Waals surface area contributed by atoms with Crippen LogP contribution in [-0.4, -0.2) is 22.3 Å². The average molecular weight is 439 g/mol. The van der Waals surface area contributed by atoms with Crippen molar-refractivity contribution in [1.82, 2.24) is 10.3 Å². The van der Waals surface area contributed by atoms with Gasteiger partial charge in [-0.15, -0.1) is 24.8 Å². The number of halogens is 2. The quantitative estimate of drug-likeness (QED) is 0.662. The van der Waals surface area contributed by atoms with Crippen LogP contribution >= 0.6 is 24.8 Å². The number of amides is 2. The Balaban J connectivity index is 0.00000210. The van der Waals surface area contributed by atoms with Gasteiger partial charge >= 0.3 is 0 Å². The number of pyridine rings is 1. The molecular formula is C21H28Cl2N4O2. The van der Waals surface area contributed by atoms with E-state index >= 15 is 0 Å². The molecule has 2 atom stereocenters. The van der Waals surface area contributed by atoms with Gasteiger partial charge in [-0.1, -0.05) is 25.0 Å². The summed E-state index contributed by atoms with van der Waals surface area (Å²) in [6.07, 6.45) is 5.40. The van der Waals surface area contributed by atoms with Gasteiger partial charge in [0.2, 0.25) is 5.91 Å². The van der Waals surface area contributed by atoms with Crippen LogP contribution in [0, 0.1) is 5.92 Å². The highest BCUT2D eigenvalue weighted by atomic mass is 35.5. The van der Waals surface area contributed by atoms with Crippen LogP contribution in [0.5, 0.6) is 0 Å². The predicted molar refractivity (Wildman–Crippen MR) is 120 cm³/mol. The van der Waals surface area contributed by atoms with Crippen molar-refractivity contribution in [2.24, 2.45) is 11.7 Å². The van der Waals surface area contributed by atoms with E-state index in [2.05, 4.69) is 15.6 Å². The van der Waals surface area contributed by atoms with Gasteiger partial charge in [0.1, 0.15) is 0 Å². The summed E-state index contributed by atoms with van der Waals surface area (Å²) in [4.78, 5) is 29.2. The largest absolute Gasteiger partial charge is 0.346 e. The standard InChI is InChI=1S/C21H26N4O2.2ClH/c1-21(22)11-4-2-10-18(21)20(27)25-16-9-6-7-15(13-16)19(26)24-14-17-8-3-5-12-23-17;;/h3,5-9,12-13,18H,2,4,10-11,14,22H2,1H3,(H,24,26)(H,25,27);2*1H. The van der Waals surface area contributed by atoms with Crippen LogP contribution in [0.2, 0.25) is 0 Å². The third kappa shape index (κ3) is 6.70. The molecule has 29 heavy (non-hydrogen) atoms. The summed E-state index contributed by atoms with van der Waals surface area (Å²) in [7, 11) is 0. The van der Waals surface area contributed by atoms with E-state index in [1.54, 1.807) is 30.5 Å². The van der Waals surface area contributed by atoms with Gasteiger partial charge in [-0.2, -0.15) is 0 Å². The number of rotatable bonds is 5. The lowest BCUT2D eigenvalue weighted by atomic mass is 9.74. The Bertz CT molecular complexity index is 815. The molecule has 1 aromatic heterocycles. The molecule has 0 saturated heterocycles. The maximum Gasteiger partial charge on any atom is 0.251 e. The zero-order chi connectivity index (χ0) is 19.3. The number of aromatic nitrogens is 1. The van der Waals surface area contributed by atoms with Crippen LogP contribution in [-0.2, 0) is 11.3 Å². The molecule has 1 aliphatic carbocycles. The zero-order valence-corrected chi connectivity index (χ0v) is 18.0. The summed E-state index contributed by atoms with van der Waals surface area (Å²) in [5.74, 6) is -0.503. The summed E-state index contributed by atoms with van der Waals surface area (Å²) < 4.78 is 0. The maximum atomic E-state index is 12.7. The summed E-state index contributed by atoms with van der Waals surface area (Å²) in [5.41, 5.74) is 7.71. The van der Waals surface area contributed by atoms with E-state index in [9.17, 15) is 9.59 Å². The number of carbonyl (C=O) groups is 2. The molecule has 6 nitrogen and oxygen atoms in total. The Kier molecular flexibility index (Phi) is 9.56. The number of anilines is 1. The number of nitrogens with two attached hydrogens (primary N) is 1. The minimum atomic E-state index is -0.486. The molecule has 4 N–H and O–H groups in total. The molecule has 2 unspecified atom stereocenters. The van der Waals surface area contributed by atoms with E-state index in [1.807, 2.05) is 25.1 Å². The molecule has 1 saturated carbocycles. The predicted octanol–water partition coefficient (Wildman–Crippen LogP) is 3.70. The first-order valence-corrected chi connectivity index (χ1v) is 9.34. The molecule has 2 aromatic rings. The van der Waals surface area contributed by atoms with Crippen molar-refractivity contribution in [3.05, 3.63) is 59.9 Å². The van der Waals surface area contributed by atoms with E-state index in [-0.39, 0.29) is 42.5 Å². The van der Waals surface area contributed by atoms with Crippen LogP contribution in [0.25, 0.3) is 0 Å². The van der Waals surface area contributed by atoms with Gasteiger partial charge in [0.05, 0.1) is 18.2 Å². The molecule has 3 rings (SSSR count). The van der Waals surface area contributed by atoms with Crippen LogP contribution in [0.1, 0.15) is 48.7 Å². The Morgan fingerprint density at radius 2 is 1.97 bits per heavy atom. The second-order valence-electron chi connectivity index (χ2n) is 7.38. The third-order valence-corrected chi connectivity index (χ3v) is 5.12. The SMILES string of the molecule is CC1(N)CCCCC1C(=O)Nc1cccc(C(=O)NCc2ccccn2)c1.Cl.Cl. The van der Waals surface area contributed by atoms with Gasteiger partial charge in [-0.25, -0.2) is 0 Å². The smallest absolute Gasteiger partial charge is 0.251 e. The number of carbonyl (C=O) groups excluding carboxylic acids is 2. The second-order valence-corrected chi connectivity index (χ2v) is 7.38. The minimum absolute atomic E-state index is 0. The summed E-state index contributed by atoms with van der Waals surface area (Å²) in [5, 5.41) is 5.76. The molecule has 158 valence electrons. The van der Waals surface area contributed by atoms with Gasteiger partial charge in [0.25, 0.3) is 5.91 Å². The van der Waals surface area contributed by atoms with Crippen molar-refractivity contribution in [3.8, 4) is 0 Å². The van der Waals surface area contributed by atoms with Crippen molar-refractivity contribution in [2.75, 3.05) is 5.32 Å². The molecule has 0 bridgehead atoms. The lowest BCUT2D eigenvalue weighted by Gasteiger charge is -2.37. The van der Waals surface area contributed by atoms with Crippen molar-refractivity contribution in [2.45, 2.75) is 44.7 Å². The summed E-state index contributed by atoms with van der Waals surface area (Å²) >= 11 is 0. The van der Waals surface area contributed by atoms with Gasteiger partial charge in [-0.05, 0) is 50.1 Å². The highest BCUT2D eigenvalue weighted by Crippen LogP contribution is 2.32. The number of benzene rings is 1. The summed E-state index contributed by atoms with van der Waals surface area (Å²) in [6.45, 7) is 2.29. The van der Waals surface area contributed by atoms with Crippen molar-refractivity contribution in [3.63, 3.8) is 0 Å². The molecule has 0 radical (unpaired) electrons. The fourth-order valence-corrected chi connectivity index (χ4v) is 3.53. The Labute approximate surface area is 183 Å². The van der Waals surface area contributed by atoms with E-state index in [0.29, 0.717) is 17.8 Å². The molecule has 1 fully saturated rings. The molecule has 1 aromatic carbocycles. The Morgan fingerprint density at radius 1 is 1.17 bits per heavy atom. The van der Waals surface area contributed by atoms with Crippen LogP contribution in [0.3, 0.4) is 0 Å². The second kappa shape index (κ2) is 11.1. The number of nitrogens with one attached hydrogen (secondary N) is 2. The molecule has 1 heterocycles. The number of hydrogen-bond acceptors (Lipinski definition) is 4.